The summed E-state index contributed by atoms with van der Waals surface area (Å²) in [5, 5.41) is 11.2. The van der Waals surface area contributed by atoms with Crippen LogP contribution in [0.4, 0.5) is 4.39 Å². The van der Waals surface area contributed by atoms with Crippen molar-refractivity contribution in [3.8, 4) is 0 Å². The highest BCUT2D eigenvalue weighted by Crippen LogP contribution is 2.36. The van der Waals surface area contributed by atoms with Crippen LogP contribution in [0.5, 0.6) is 0 Å². The van der Waals surface area contributed by atoms with Gasteiger partial charge in [-0.05, 0) is 77.1 Å². The van der Waals surface area contributed by atoms with Crippen LogP contribution in [-0.4, -0.2) is 36.9 Å². The van der Waals surface area contributed by atoms with E-state index in [1.807, 2.05) is 6.07 Å². The minimum absolute atomic E-state index is 0.00899. The largest absolute Gasteiger partial charge is 0.481 e. The van der Waals surface area contributed by atoms with Crippen LogP contribution < -0.4 is 0 Å². The number of rotatable bonds is 5. The summed E-state index contributed by atoms with van der Waals surface area (Å²) in [7, 11) is -3.62. The maximum Gasteiger partial charge on any atom is 0.307 e. The molecule has 1 aliphatic heterocycles. The van der Waals surface area contributed by atoms with Gasteiger partial charge in [-0.3, -0.25) is 4.79 Å². The summed E-state index contributed by atoms with van der Waals surface area (Å²) in [4.78, 5) is 11.4. The van der Waals surface area contributed by atoms with E-state index in [1.54, 1.807) is 24.3 Å². The molecule has 1 aliphatic rings. The molecule has 1 fully saturated rings. The van der Waals surface area contributed by atoms with Crippen LogP contribution in [-0.2, 0) is 21.2 Å². The Kier molecular flexibility index (Phi) is 6.01. The second kappa shape index (κ2) is 8.57. The molecule has 31 heavy (non-hydrogen) atoms. The quantitative estimate of drug-likeness (QED) is 0.590. The van der Waals surface area contributed by atoms with Crippen molar-refractivity contribution in [1.82, 2.24) is 4.31 Å². The fraction of sp³-hybridized carbons (Fsp3) is 0.261. The molecule has 0 atom stereocenters. The van der Waals surface area contributed by atoms with Crippen molar-refractivity contribution in [3.05, 3.63) is 76.6 Å². The fourth-order valence-electron chi connectivity index (χ4n) is 4.20. The highest BCUT2D eigenvalue weighted by molar-refractivity contribution is 7.89. The molecule has 0 saturated carbocycles. The van der Waals surface area contributed by atoms with Crippen LogP contribution in [0, 0.1) is 5.82 Å². The van der Waals surface area contributed by atoms with Crippen LogP contribution >= 0.6 is 11.6 Å². The molecule has 0 spiro atoms. The number of aliphatic carboxylic acids is 1. The number of halogens is 2. The molecule has 1 N–H and O–H groups in total. The van der Waals surface area contributed by atoms with Crippen LogP contribution in [0.2, 0.25) is 5.02 Å². The van der Waals surface area contributed by atoms with Gasteiger partial charge in [-0.1, -0.05) is 29.8 Å². The number of hydrogen-bond acceptors (Lipinski definition) is 3. The second-order valence-electron chi connectivity index (χ2n) is 7.75. The highest BCUT2D eigenvalue weighted by Gasteiger charge is 2.30. The first kappa shape index (κ1) is 21.7. The highest BCUT2D eigenvalue weighted by atomic mass is 35.5. The molecular weight excluding hydrogens is 441 g/mol. The molecule has 8 heteroatoms. The predicted molar refractivity (Wildman–Crippen MR) is 117 cm³/mol. The number of sulfonamides is 1. The van der Waals surface area contributed by atoms with Crippen molar-refractivity contribution in [2.45, 2.75) is 30.1 Å². The molecule has 0 bridgehead atoms. The fourth-order valence-corrected chi connectivity index (χ4v) is 5.80. The summed E-state index contributed by atoms with van der Waals surface area (Å²) >= 11 is 5.87. The maximum atomic E-state index is 13.9. The third-order valence-electron chi connectivity index (χ3n) is 5.71. The van der Waals surface area contributed by atoms with Gasteiger partial charge in [0.15, 0.2) is 0 Å². The monoisotopic (exact) mass is 461 g/mol. The van der Waals surface area contributed by atoms with Crippen molar-refractivity contribution in [3.63, 3.8) is 0 Å². The molecule has 0 radical (unpaired) electrons. The summed E-state index contributed by atoms with van der Waals surface area (Å²) in [6.07, 6.45) is 1.01. The number of carbonyl (C=O) groups is 1. The van der Waals surface area contributed by atoms with Gasteiger partial charge in [-0.2, -0.15) is 4.31 Å². The van der Waals surface area contributed by atoms with E-state index >= 15 is 0 Å². The third kappa shape index (κ3) is 4.59. The number of piperidine rings is 1. The lowest BCUT2D eigenvalue weighted by Crippen LogP contribution is -2.37. The van der Waals surface area contributed by atoms with Crippen molar-refractivity contribution < 1.29 is 22.7 Å². The standard InChI is InChI=1S/C23H21ClFNO4S/c24-18-2-5-20(6-3-18)31(29,30)26-9-7-16(8-10-26)21-12-15(13-23(27)28)11-17-1-4-19(25)14-22(17)21/h1-6,11-12,14,16H,7-10,13H2,(H,27,28). The van der Waals surface area contributed by atoms with E-state index in [9.17, 15) is 22.7 Å². The van der Waals surface area contributed by atoms with Gasteiger partial charge in [0.1, 0.15) is 5.82 Å². The summed E-state index contributed by atoms with van der Waals surface area (Å²) in [5.41, 5.74) is 1.52. The maximum absolute atomic E-state index is 13.9. The van der Waals surface area contributed by atoms with Crippen molar-refractivity contribution in [1.29, 1.82) is 0 Å². The van der Waals surface area contributed by atoms with Crippen LogP contribution in [0.3, 0.4) is 0 Å². The lowest BCUT2D eigenvalue weighted by atomic mass is 9.85. The average molecular weight is 462 g/mol. The zero-order valence-electron chi connectivity index (χ0n) is 16.6. The number of carboxylic acid groups (broad SMARTS) is 1. The molecule has 1 heterocycles. The second-order valence-corrected chi connectivity index (χ2v) is 10.1. The number of carboxylic acids is 1. The van der Waals surface area contributed by atoms with Gasteiger partial charge in [0.25, 0.3) is 0 Å². The van der Waals surface area contributed by atoms with E-state index in [1.165, 1.54) is 28.6 Å². The van der Waals surface area contributed by atoms with Crippen LogP contribution in [0.1, 0.15) is 29.9 Å². The van der Waals surface area contributed by atoms with Gasteiger partial charge in [-0.15, -0.1) is 0 Å². The molecule has 0 aliphatic carbocycles. The van der Waals surface area contributed by atoms with Gasteiger partial charge in [-0.25, -0.2) is 12.8 Å². The van der Waals surface area contributed by atoms with Crippen LogP contribution in [0.25, 0.3) is 10.8 Å². The first-order chi connectivity index (χ1) is 14.7. The van der Waals surface area contributed by atoms with Gasteiger partial charge < -0.3 is 5.11 Å². The Hall–Kier alpha value is -2.48. The predicted octanol–water partition coefficient (Wildman–Crippen LogP) is 4.83. The Morgan fingerprint density at radius 1 is 1.06 bits per heavy atom. The first-order valence-corrected chi connectivity index (χ1v) is 11.8. The average Bonchev–Trinajstić information content (AvgIpc) is 2.73. The van der Waals surface area contributed by atoms with Crippen molar-refractivity contribution >= 4 is 38.4 Å². The van der Waals surface area contributed by atoms with Gasteiger partial charge in [0, 0.05) is 18.1 Å². The molecule has 162 valence electrons. The van der Waals surface area contributed by atoms with Gasteiger partial charge in [0.05, 0.1) is 11.3 Å². The minimum atomic E-state index is -3.62. The molecule has 0 unspecified atom stereocenters. The molecule has 4 rings (SSSR count). The Morgan fingerprint density at radius 3 is 2.39 bits per heavy atom. The normalized spacial score (nSPS) is 15.9. The minimum Gasteiger partial charge on any atom is -0.481 e. The van der Waals surface area contributed by atoms with E-state index in [2.05, 4.69) is 0 Å². The first-order valence-electron chi connectivity index (χ1n) is 9.93. The Morgan fingerprint density at radius 2 is 1.74 bits per heavy atom. The molecular formula is C23H21ClFNO4S. The van der Waals surface area contributed by atoms with Gasteiger partial charge in [0.2, 0.25) is 10.0 Å². The Bertz CT molecular complexity index is 1240. The zero-order valence-corrected chi connectivity index (χ0v) is 18.2. The van der Waals surface area contributed by atoms with Crippen LogP contribution in [0.15, 0.2) is 59.5 Å². The van der Waals surface area contributed by atoms with E-state index in [4.69, 9.17) is 11.6 Å². The molecule has 0 aromatic heterocycles. The SMILES string of the molecule is O=C(O)Cc1cc(C2CCN(S(=O)(=O)c3ccc(Cl)cc3)CC2)c2cc(F)ccc2c1. The Balaban J connectivity index is 1.61. The van der Waals surface area contributed by atoms with E-state index < -0.39 is 16.0 Å². The molecule has 3 aromatic rings. The molecule has 0 amide bonds. The lowest BCUT2D eigenvalue weighted by molar-refractivity contribution is -0.136. The number of nitrogens with zero attached hydrogens (tertiary/aromatic N) is 1. The van der Waals surface area contributed by atoms with Crippen molar-refractivity contribution in [2.75, 3.05) is 13.1 Å². The molecule has 3 aromatic carbocycles. The Labute approximate surface area is 185 Å². The summed E-state index contributed by atoms with van der Waals surface area (Å²) in [6, 6.07) is 14.2. The summed E-state index contributed by atoms with van der Waals surface area (Å²) in [5.74, 6) is -1.28. The zero-order chi connectivity index (χ0) is 22.2. The van der Waals surface area contributed by atoms with Gasteiger partial charge >= 0.3 is 5.97 Å². The molecule has 5 nitrogen and oxygen atoms in total. The number of hydrogen-bond donors (Lipinski definition) is 1. The third-order valence-corrected chi connectivity index (χ3v) is 7.87. The van der Waals surface area contributed by atoms with E-state index in [0.29, 0.717) is 36.5 Å². The molecule has 1 saturated heterocycles. The topological polar surface area (TPSA) is 74.7 Å². The number of fused-ring (bicyclic) bond motifs is 1. The van der Waals surface area contributed by atoms with E-state index in [-0.39, 0.29) is 23.1 Å². The summed E-state index contributed by atoms with van der Waals surface area (Å²) < 4.78 is 41.3. The lowest BCUT2D eigenvalue weighted by Gasteiger charge is -2.32. The number of benzene rings is 3. The summed E-state index contributed by atoms with van der Waals surface area (Å²) in [6.45, 7) is 0.658. The van der Waals surface area contributed by atoms with Crippen molar-refractivity contribution in [2.24, 2.45) is 0 Å². The van der Waals surface area contributed by atoms with E-state index in [0.717, 1.165) is 16.3 Å². The smallest absolute Gasteiger partial charge is 0.307 e.